The maximum atomic E-state index is 12.8. The number of carboxylic acids is 1. The molecule has 1 amide bonds. The summed E-state index contributed by atoms with van der Waals surface area (Å²) in [4.78, 5) is 26.0. The molecule has 3 heterocycles. The van der Waals surface area contributed by atoms with E-state index in [1.54, 1.807) is 4.90 Å². The minimum atomic E-state index is -0.774. The predicted molar refractivity (Wildman–Crippen MR) is 99.8 cm³/mol. The van der Waals surface area contributed by atoms with Crippen molar-refractivity contribution in [1.82, 2.24) is 4.90 Å². The van der Waals surface area contributed by atoms with E-state index in [0.717, 1.165) is 29.4 Å². The van der Waals surface area contributed by atoms with Crippen LogP contribution in [0.25, 0.3) is 11.0 Å². The van der Waals surface area contributed by atoms with E-state index in [4.69, 9.17) is 9.15 Å². The summed E-state index contributed by atoms with van der Waals surface area (Å²) in [5.74, 6) is -0.724. The Hall–Kier alpha value is -2.34. The fraction of sp³-hybridized carbons (Fsp3) is 0.524. The van der Waals surface area contributed by atoms with E-state index in [2.05, 4.69) is 0 Å². The van der Waals surface area contributed by atoms with Gasteiger partial charge in [-0.1, -0.05) is 0 Å². The van der Waals surface area contributed by atoms with E-state index in [-0.39, 0.29) is 17.9 Å². The number of carbonyl (C=O) groups excluding carboxylic acids is 1. The third-order valence-corrected chi connectivity index (χ3v) is 6.09. The van der Waals surface area contributed by atoms with Gasteiger partial charge < -0.3 is 19.2 Å². The normalized spacial score (nSPS) is 23.9. The van der Waals surface area contributed by atoms with Crippen molar-refractivity contribution in [1.29, 1.82) is 0 Å². The van der Waals surface area contributed by atoms with Gasteiger partial charge in [-0.05, 0) is 68.4 Å². The number of piperidine rings is 1. The van der Waals surface area contributed by atoms with Gasteiger partial charge in [0, 0.05) is 25.1 Å². The number of carbonyl (C=O) groups is 2. The first-order valence-electron chi connectivity index (χ1n) is 9.58. The van der Waals surface area contributed by atoms with E-state index in [1.165, 1.54) is 5.56 Å². The zero-order chi connectivity index (χ0) is 19.1. The van der Waals surface area contributed by atoms with Crippen LogP contribution >= 0.6 is 0 Å². The number of hydrogen-bond donors (Lipinski definition) is 1. The number of benzene rings is 1. The topological polar surface area (TPSA) is 80.0 Å². The quantitative estimate of drug-likeness (QED) is 0.895. The number of ether oxygens (including phenoxy) is 1. The summed E-state index contributed by atoms with van der Waals surface area (Å²) in [7, 11) is 0. The number of fused-ring (bicyclic) bond motifs is 1. The molecule has 1 aromatic heterocycles. The lowest BCUT2D eigenvalue weighted by Gasteiger charge is -2.35. The summed E-state index contributed by atoms with van der Waals surface area (Å²) in [6.45, 7) is 5.79. The van der Waals surface area contributed by atoms with Crippen LogP contribution in [-0.2, 0) is 9.53 Å². The molecule has 1 unspecified atom stereocenters. The predicted octanol–water partition coefficient (Wildman–Crippen LogP) is 3.39. The first-order valence-corrected chi connectivity index (χ1v) is 9.58. The Balaban J connectivity index is 1.43. The molecule has 0 aliphatic carbocycles. The van der Waals surface area contributed by atoms with Crippen molar-refractivity contribution in [2.24, 2.45) is 11.8 Å². The van der Waals surface area contributed by atoms with Crippen LogP contribution in [-0.4, -0.2) is 47.7 Å². The van der Waals surface area contributed by atoms with Gasteiger partial charge in [-0.3, -0.25) is 9.59 Å². The van der Waals surface area contributed by atoms with Crippen LogP contribution in [0.5, 0.6) is 0 Å². The van der Waals surface area contributed by atoms with Crippen molar-refractivity contribution in [3.8, 4) is 0 Å². The molecule has 2 aromatic rings. The molecule has 2 aliphatic heterocycles. The second kappa shape index (κ2) is 7.00. The summed E-state index contributed by atoms with van der Waals surface area (Å²) in [5.41, 5.74) is 3.05. The molecule has 0 spiro atoms. The Bertz CT molecular complexity index is 839. The molecule has 0 radical (unpaired) electrons. The lowest BCUT2D eigenvalue weighted by atomic mass is 9.84. The summed E-state index contributed by atoms with van der Waals surface area (Å²) in [5, 5.41) is 10.3. The van der Waals surface area contributed by atoms with Gasteiger partial charge in [0.15, 0.2) is 5.76 Å². The Morgan fingerprint density at radius 3 is 2.48 bits per heavy atom. The number of amides is 1. The molecule has 1 aromatic carbocycles. The van der Waals surface area contributed by atoms with Crippen molar-refractivity contribution in [2.75, 3.05) is 19.7 Å². The number of nitrogens with zero attached hydrogens (tertiary/aromatic N) is 1. The molecule has 4 rings (SSSR count). The van der Waals surface area contributed by atoms with Crippen LogP contribution in [0, 0.1) is 25.7 Å². The summed E-state index contributed by atoms with van der Waals surface area (Å²) >= 11 is 0. The standard InChI is InChI=1S/C21H25NO5/c1-12-9-15-11-18(27-17(15)10-13(12)2)20(23)22-6-3-14(4-7-22)19-16(21(24)25)5-8-26-19/h9-11,14,16,19H,3-8H2,1-2H3,(H,24,25)/t16?,19-/m0/s1. The molecule has 6 heteroatoms. The highest BCUT2D eigenvalue weighted by atomic mass is 16.5. The fourth-order valence-corrected chi connectivity index (χ4v) is 4.33. The number of aliphatic carboxylic acids is 1. The zero-order valence-electron chi connectivity index (χ0n) is 15.7. The molecule has 2 fully saturated rings. The molecule has 0 saturated carbocycles. The van der Waals surface area contributed by atoms with E-state index < -0.39 is 11.9 Å². The Kier molecular flexibility index (Phi) is 4.68. The van der Waals surface area contributed by atoms with Crippen LogP contribution in [0.4, 0.5) is 0 Å². The Morgan fingerprint density at radius 1 is 1.07 bits per heavy atom. The highest BCUT2D eigenvalue weighted by molar-refractivity contribution is 5.96. The van der Waals surface area contributed by atoms with Crippen molar-refractivity contribution in [3.63, 3.8) is 0 Å². The Morgan fingerprint density at radius 2 is 1.78 bits per heavy atom. The average Bonchev–Trinajstić information content (AvgIpc) is 3.29. The number of rotatable bonds is 3. The monoisotopic (exact) mass is 371 g/mol. The van der Waals surface area contributed by atoms with Gasteiger partial charge in [-0.15, -0.1) is 0 Å². The maximum absolute atomic E-state index is 12.8. The lowest BCUT2D eigenvalue weighted by molar-refractivity contribution is -0.145. The summed E-state index contributed by atoms with van der Waals surface area (Å²) < 4.78 is 11.5. The summed E-state index contributed by atoms with van der Waals surface area (Å²) in [6.07, 6.45) is 1.88. The smallest absolute Gasteiger partial charge is 0.309 e. The van der Waals surface area contributed by atoms with Crippen LogP contribution < -0.4 is 0 Å². The van der Waals surface area contributed by atoms with Crippen molar-refractivity contribution >= 4 is 22.8 Å². The zero-order valence-corrected chi connectivity index (χ0v) is 15.7. The third kappa shape index (κ3) is 3.34. The Labute approximate surface area is 158 Å². The molecule has 2 atom stereocenters. The van der Waals surface area contributed by atoms with Crippen LogP contribution in [0.1, 0.15) is 40.9 Å². The van der Waals surface area contributed by atoms with Gasteiger partial charge in [0.25, 0.3) is 5.91 Å². The highest BCUT2D eigenvalue weighted by Gasteiger charge is 2.41. The van der Waals surface area contributed by atoms with Crippen LogP contribution in [0.2, 0.25) is 0 Å². The van der Waals surface area contributed by atoms with Gasteiger partial charge >= 0.3 is 5.97 Å². The van der Waals surface area contributed by atoms with E-state index >= 15 is 0 Å². The number of aryl methyl sites for hydroxylation is 2. The van der Waals surface area contributed by atoms with Gasteiger partial charge in [0.05, 0.1) is 12.0 Å². The van der Waals surface area contributed by atoms with Crippen molar-refractivity contribution in [3.05, 3.63) is 35.1 Å². The average molecular weight is 371 g/mol. The minimum Gasteiger partial charge on any atom is -0.481 e. The van der Waals surface area contributed by atoms with Gasteiger partial charge in [0.1, 0.15) is 5.58 Å². The van der Waals surface area contributed by atoms with Crippen molar-refractivity contribution < 1.29 is 23.8 Å². The number of likely N-dealkylation sites (tertiary alicyclic amines) is 1. The molecule has 2 aliphatic rings. The maximum Gasteiger partial charge on any atom is 0.309 e. The number of furan rings is 1. The molecular weight excluding hydrogens is 346 g/mol. The van der Waals surface area contributed by atoms with Crippen LogP contribution in [0.15, 0.2) is 22.6 Å². The van der Waals surface area contributed by atoms with Gasteiger partial charge in [-0.25, -0.2) is 0 Å². The molecule has 1 N–H and O–H groups in total. The van der Waals surface area contributed by atoms with Gasteiger partial charge in [0.2, 0.25) is 0 Å². The van der Waals surface area contributed by atoms with E-state index in [0.29, 0.717) is 31.9 Å². The first-order chi connectivity index (χ1) is 12.9. The van der Waals surface area contributed by atoms with E-state index in [9.17, 15) is 14.7 Å². The molecule has 27 heavy (non-hydrogen) atoms. The third-order valence-electron chi connectivity index (χ3n) is 6.09. The molecule has 6 nitrogen and oxygen atoms in total. The van der Waals surface area contributed by atoms with E-state index in [1.807, 2.05) is 32.0 Å². The summed E-state index contributed by atoms with van der Waals surface area (Å²) in [6, 6.07) is 5.83. The molecule has 2 saturated heterocycles. The second-order valence-corrected chi connectivity index (χ2v) is 7.78. The largest absolute Gasteiger partial charge is 0.481 e. The van der Waals surface area contributed by atoms with Crippen LogP contribution in [0.3, 0.4) is 0 Å². The SMILES string of the molecule is Cc1cc2cc(C(=O)N3CCC([C@@H]4OCCC4C(=O)O)CC3)oc2cc1C. The highest BCUT2D eigenvalue weighted by Crippen LogP contribution is 2.34. The van der Waals surface area contributed by atoms with Gasteiger partial charge in [-0.2, -0.15) is 0 Å². The lowest BCUT2D eigenvalue weighted by Crippen LogP contribution is -2.43. The molecule has 0 bridgehead atoms. The molecular formula is C21H25NO5. The minimum absolute atomic E-state index is 0.0953. The van der Waals surface area contributed by atoms with Crippen molar-refractivity contribution in [2.45, 2.75) is 39.2 Å². The molecule has 144 valence electrons. The fourth-order valence-electron chi connectivity index (χ4n) is 4.33. The number of hydrogen-bond acceptors (Lipinski definition) is 4. The number of carboxylic acid groups (broad SMARTS) is 1. The first kappa shape index (κ1) is 18.0. The second-order valence-electron chi connectivity index (χ2n) is 7.78.